The SMILES string of the molecule is O=C(O)c1sccc1CS(=O)Cc1ccc(Cl)cc1. The van der Waals surface area contributed by atoms with E-state index in [2.05, 4.69) is 0 Å². The van der Waals surface area contributed by atoms with E-state index in [-0.39, 0.29) is 10.6 Å². The van der Waals surface area contributed by atoms with Crippen LogP contribution in [-0.2, 0) is 22.3 Å². The Bertz CT molecular complexity index is 605. The Kier molecular flexibility index (Phi) is 4.74. The molecule has 1 aromatic carbocycles. The van der Waals surface area contributed by atoms with Gasteiger partial charge in [0, 0.05) is 21.6 Å². The molecule has 19 heavy (non-hydrogen) atoms. The molecule has 6 heteroatoms. The molecule has 3 nitrogen and oxygen atoms in total. The average molecular weight is 315 g/mol. The smallest absolute Gasteiger partial charge is 0.346 e. The third-order valence-corrected chi connectivity index (χ3v) is 4.98. The number of halogens is 1. The highest BCUT2D eigenvalue weighted by atomic mass is 35.5. The lowest BCUT2D eigenvalue weighted by Gasteiger charge is -2.03. The summed E-state index contributed by atoms with van der Waals surface area (Å²) in [5.74, 6) is -0.312. The predicted molar refractivity (Wildman–Crippen MR) is 78.3 cm³/mol. The number of carboxylic acids is 1. The molecule has 0 saturated heterocycles. The van der Waals surface area contributed by atoms with Gasteiger partial charge in [0.1, 0.15) is 4.88 Å². The van der Waals surface area contributed by atoms with Crippen molar-refractivity contribution in [2.75, 3.05) is 0 Å². The van der Waals surface area contributed by atoms with Gasteiger partial charge in [-0.2, -0.15) is 0 Å². The van der Waals surface area contributed by atoms with Gasteiger partial charge in [0.05, 0.1) is 5.75 Å². The van der Waals surface area contributed by atoms with Crippen molar-refractivity contribution in [1.29, 1.82) is 0 Å². The Morgan fingerprint density at radius 3 is 2.53 bits per heavy atom. The van der Waals surface area contributed by atoms with Crippen LogP contribution in [0.3, 0.4) is 0 Å². The quantitative estimate of drug-likeness (QED) is 0.918. The second kappa shape index (κ2) is 6.32. The summed E-state index contributed by atoms with van der Waals surface area (Å²) >= 11 is 6.94. The van der Waals surface area contributed by atoms with Crippen LogP contribution in [0.4, 0.5) is 0 Å². The van der Waals surface area contributed by atoms with Gasteiger partial charge in [0.25, 0.3) is 0 Å². The standard InChI is InChI=1S/C13H11ClO3S2/c14-11-3-1-9(2-4-11)7-19(17)8-10-5-6-18-12(10)13(15)16/h1-6H,7-8H2,(H,15,16). The fourth-order valence-electron chi connectivity index (χ4n) is 1.63. The van der Waals surface area contributed by atoms with E-state index < -0.39 is 16.8 Å². The number of benzene rings is 1. The summed E-state index contributed by atoms with van der Waals surface area (Å²) in [7, 11) is -1.13. The summed E-state index contributed by atoms with van der Waals surface area (Å²) in [6.45, 7) is 0. The van der Waals surface area contributed by atoms with Crippen molar-refractivity contribution in [3.63, 3.8) is 0 Å². The maximum absolute atomic E-state index is 12.0. The second-order valence-electron chi connectivity index (χ2n) is 3.94. The summed E-state index contributed by atoms with van der Waals surface area (Å²) in [6.07, 6.45) is 0. The van der Waals surface area contributed by atoms with Crippen molar-refractivity contribution < 1.29 is 14.1 Å². The molecule has 0 aliphatic carbocycles. The van der Waals surface area contributed by atoms with E-state index >= 15 is 0 Å². The first kappa shape index (κ1) is 14.2. The zero-order valence-corrected chi connectivity index (χ0v) is 12.2. The first-order valence-corrected chi connectivity index (χ1v) is 8.20. The van der Waals surface area contributed by atoms with Crippen LogP contribution in [0.15, 0.2) is 35.7 Å². The van der Waals surface area contributed by atoms with Crippen LogP contribution in [0.2, 0.25) is 5.02 Å². The van der Waals surface area contributed by atoms with Crippen LogP contribution in [0.25, 0.3) is 0 Å². The minimum atomic E-state index is -1.13. The molecule has 0 radical (unpaired) electrons. The molecule has 0 amide bonds. The second-order valence-corrected chi connectivity index (χ2v) is 6.74. The Balaban J connectivity index is 2.03. The van der Waals surface area contributed by atoms with E-state index in [1.165, 1.54) is 0 Å². The van der Waals surface area contributed by atoms with Gasteiger partial charge in [-0.3, -0.25) is 4.21 Å². The van der Waals surface area contributed by atoms with E-state index in [4.69, 9.17) is 16.7 Å². The first-order chi connectivity index (χ1) is 9.06. The van der Waals surface area contributed by atoms with Gasteiger partial charge in [-0.1, -0.05) is 23.7 Å². The molecule has 0 saturated carbocycles. The van der Waals surface area contributed by atoms with Gasteiger partial charge in [0.2, 0.25) is 0 Å². The van der Waals surface area contributed by atoms with Crippen molar-refractivity contribution in [3.8, 4) is 0 Å². The predicted octanol–water partition coefficient (Wildman–Crippen LogP) is 3.55. The van der Waals surface area contributed by atoms with Crippen molar-refractivity contribution in [2.45, 2.75) is 11.5 Å². The van der Waals surface area contributed by atoms with Crippen LogP contribution in [0.1, 0.15) is 20.8 Å². The fraction of sp³-hybridized carbons (Fsp3) is 0.154. The van der Waals surface area contributed by atoms with Gasteiger partial charge >= 0.3 is 5.97 Å². The topological polar surface area (TPSA) is 54.4 Å². The number of hydrogen-bond acceptors (Lipinski definition) is 3. The van der Waals surface area contributed by atoms with Crippen LogP contribution in [-0.4, -0.2) is 15.3 Å². The molecule has 1 aromatic heterocycles. The molecule has 1 unspecified atom stereocenters. The Morgan fingerprint density at radius 2 is 1.89 bits per heavy atom. The minimum Gasteiger partial charge on any atom is -0.477 e. The maximum atomic E-state index is 12.0. The van der Waals surface area contributed by atoms with Gasteiger partial charge in [-0.25, -0.2) is 4.79 Å². The zero-order valence-electron chi connectivity index (χ0n) is 9.84. The molecule has 0 fully saturated rings. The molecule has 1 atom stereocenters. The lowest BCUT2D eigenvalue weighted by molar-refractivity contribution is 0.0701. The first-order valence-electron chi connectivity index (χ1n) is 5.45. The summed E-state index contributed by atoms with van der Waals surface area (Å²) < 4.78 is 12.0. The van der Waals surface area contributed by atoms with Gasteiger partial charge in [-0.15, -0.1) is 11.3 Å². The Hall–Kier alpha value is -1.17. The molecule has 0 bridgehead atoms. The number of hydrogen-bond donors (Lipinski definition) is 1. The normalized spacial score (nSPS) is 12.3. The lowest BCUT2D eigenvalue weighted by atomic mass is 10.2. The Morgan fingerprint density at radius 1 is 1.21 bits per heavy atom. The van der Waals surface area contributed by atoms with Gasteiger partial charge < -0.3 is 5.11 Å². The van der Waals surface area contributed by atoms with E-state index in [0.29, 0.717) is 16.3 Å². The molecule has 0 aliphatic heterocycles. The van der Waals surface area contributed by atoms with E-state index in [1.807, 2.05) is 12.1 Å². The summed E-state index contributed by atoms with van der Waals surface area (Å²) in [5.41, 5.74) is 1.56. The molecular weight excluding hydrogens is 304 g/mol. The summed E-state index contributed by atoms with van der Waals surface area (Å²) in [4.78, 5) is 11.2. The molecule has 2 rings (SSSR count). The molecule has 100 valence electrons. The van der Waals surface area contributed by atoms with Crippen LogP contribution >= 0.6 is 22.9 Å². The lowest BCUT2D eigenvalue weighted by Crippen LogP contribution is -2.03. The summed E-state index contributed by atoms with van der Waals surface area (Å²) in [5, 5.41) is 11.3. The highest BCUT2D eigenvalue weighted by molar-refractivity contribution is 7.83. The van der Waals surface area contributed by atoms with Crippen LogP contribution in [0, 0.1) is 0 Å². The van der Waals surface area contributed by atoms with Crippen LogP contribution in [0.5, 0.6) is 0 Å². The number of rotatable bonds is 5. The van der Waals surface area contributed by atoms with Gasteiger partial charge in [-0.05, 0) is 34.7 Å². The van der Waals surface area contributed by atoms with E-state index in [9.17, 15) is 9.00 Å². The fourth-order valence-corrected chi connectivity index (χ4v) is 3.86. The minimum absolute atomic E-state index is 0.258. The highest BCUT2D eigenvalue weighted by Gasteiger charge is 2.14. The maximum Gasteiger partial charge on any atom is 0.346 e. The van der Waals surface area contributed by atoms with E-state index in [0.717, 1.165) is 16.9 Å². The molecule has 1 heterocycles. The molecule has 0 spiro atoms. The van der Waals surface area contributed by atoms with Gasteiger partial charge in [0.15, 0.2) is 0 Å². The zero-order chi connectivity index (χ0) is 13.8. The molecule has 1 N–H and O–H groups in total. The molecular formula is C13H11ClO3S2. The van der Waals surface area contributed by atoms with E-state index in [1.54, 1.807) is 23.6 Å². The van der Waals surface area contributed by atoms with Crippen molar-refractivity contribution in [1.82, 2.24) is 0 Å². The monoisotopic (exact) mass is 314 g/mol. The van der Waals surface area contributed by atoms with Crippen molar-refractivity contribution >= 4 is 39.7 Å². The number of aromatic carboxylic acids is 1. The molecule has 2 aromatic rings. The van der Waals surface area contributed by atoms with Crippen molar-refractivity contribution in [2.24, 2.45) is 0 Å². The number of thiophene rings is 1. The highest BCUT2D eigenvalue weighted by Crippen LogP contribution is 2.20. The number of carbonyl (C=O) groups is 1. The Labute approximate surface area is 122 Å². The third kappa shape index (κ3) is 3.89. The summed E-state index contributed by atoms with van der Waals surface area (Å²) in [6, 6.07) is 8.87. The average Bonchev–Trinajstić information content (AvgIpc) is 2.80. The largest absolute Gasteiger partial charge is 0.477 e. The molecule has 0 aliphatic rings. The third-order valence-electron chi connectivity index (χ3n) is 2.50. The number of carboxylic acid groups (broad SMARTS) is 1. The van der Waals surface area contributed by atoms with Crippen molar-refractivity contribution in [3.05, 3.63) is 56.7 Å². The van der Waals surface area contributed by atoms with Crippen LogP contribution < -0.4 is 0 Å².